The molecule has 0 saturated carbocycles. The first-order valence-electron chi connectivity index (χ1n) is 9.42. The second kappa shape index (κ2) is 10.1. The average Bonchev–Trinajstić information content (AvgIpc) is 2.90. The predicted octanol–water partition coefficient (Wildman–Crippen LogP) is 2.88. The van der Waals surface area contributed by atoms with Crippen LogP contribution >= 0.6 is 11.6 Å². The van der Waals surface area contributed by atoms with Gasteiger partial charge in [0, 0.05) is 49.6 Å². The van der Waals surface area contributed by atoms with E-state index in [2.05, 4.69) is 21.8 Å². The Hall–Kier alpha value is -3.43. The summed E-state index contributed by atoms with van der Waals surface area (Å²) in [5.41, 5.74) is 1.66. The fraction of sp³-hybridized carbons (Fsp3) is 0.238. The molecule has 9 nitrogen and oxygen atoms in total. The number of aliphatic carboxylic acids is 2. The molecule has 0 radical (unpaired) electrons. The number of pyridine rings is 1. The Labute approximate surface area is 183 Å². The Kier molecular flexibility index (Phi) is 7.22. The summed E-state index contributed by atoms with van der Waals surface area (Å²) in [6.07, 6.45) is 2.85. The van der Waals surface area contributed by atoms with Gasteiger partial charge in [0.15, 0.2) is 5.75 Å². The third kappa shape index (κ3) is 6.03. The maximum Gasteiger partial charge on any atom is 0.328 e. The van der Waals surface area contributed by atoms with Crippen LogP contribution in [0.15, 0.2) is 53.7 Å². The lowest BCUT2D eigenvalue weighted by Crippen LogP contribution is -2.47. The number of carboxylic acids is 2. The molecule has 2 aliphatic rings. The van der Waals surface area contributed by atoms with Crippen molar-refractivity contribution in [2.24, 2.45) is 4.99 Å². The van der Waals surface area contributed by atoms with Crippen molar-refractivity contribution in [3.05, 3.63) is 59.3 Å². The van der Waals surface area contributed by atoms with Crippen molar-refractivity contribution in [2.75, 3.05) is 33.2 Å². The Bertz CT molecular complexity index is 1020. The molecule has 2 N–H and O–H groups in total. The number of aliphatic imine (C=N–C) groups is 1. The molecule has 162 valence electrons. The van der Waals surface area contributed by atoms with E-state index in [0.717, 1.165) is 43.3 Å². The number of benzene rings is 1. The maximum absolute atomic E-state index is 9.55. The first-order chi connectivity index (χ1) is 14.8. The van der Waals surface area contributed by atoms with Crippen molar-refractivity contribution in [3.8, 4) is 11.6 Å². The van der Waals surface area contributed by atoms with E-state index in [9.17, 15) is 9.59 Å². The van der Waals surface area contributed by atoms with Crippen molar-refractivity contribution >= 4 is 35.1 Å². The Balaban J connectivity index is 0.000000293. The number of hydrogen-bond donors (Lipinski definition) is 2. The lowest BCUT2D eigenvalue weighted by molar-refractivity contribution is -0.134. The summed E-state index contributed by atoms with van der Waals surface area (Å²) >= 11 is 6.13. The highest BCUT2D eigenvalue weighted by Crippen LogP contribution is 2.38. The normalized spacial score (nSPS) is 15.5. The van der Waals surface area contributed by atoms with Gasteiger partial charge in [-0.2, -0.15) is 0 Å². The second-order valence-electron chi connectivity index (χ2n) is 6.81. The van der Waals surface area contributed by atoms with Gasteiger partial charge in [0.2, 0.25) is 5.88 Å². The van der Waals surface area contributed by atoms with Gasteiger partial charge >= 0.3 is 11.9 Å². The molecular weight excluding hydrogens is 424 g/mol. The number of fused-ring (bicyclic) bond motifs is 2. The Morgan fingerprint density at radius 3 is 2.42 bits per heavy atom. The number of likely N-dealkylation sites (N-methyl/N-ethyl adjacent to an activating group) is 1. The molecular formula is C21H21ClN4O5. The van der Waals surface area contributed by atoms with E-state index in [1.807, 2.05) is 24.3 Å². The number of amidine groups is 1. The van der Waals surface area contributed by atoms with Gasteiger partial charge in [-0.1, -0.05) is 11.6 Å². The third-order valence-corrected chi connectivity index (χ3v) is 4.77. The molecule has 31 heavy (non-hydrogen) atoms. The molecule has 2 aliphatic heterocycles. The smallest absolute Gasteiger partial charge is 0.328 e. The molecule has 0 amide bonds. The van der Waals surface area contributed by atoms with Crippen LogP contribution < -0.4 is 4.74 Å². The van der Waals surface area contributed by atoms with Crippen molar-refractivity contribution in [1.29, 1.82) is 0 Å². The minimum absolute atomic E-state index is 0.558. The number of hydrogen-bond acceptors (Lipinski definition) is 7. The summed E-state index contributed by atoms with van der Waals surface area (Å²) < 4.78 is 5.98. The van der Waals surface area contributed by atoms with E-state index in [4.69, 9.17) is 31.5 Å². The van der Waals surface area contributed by atoms with Crippen LogP contribution in [0, 0.1) is 0 Å². The minimum atomic E-state index is -1.26. The molecule has 1 fully saturated rings. The summed E-state index contributed by atoms with van der Waals surface area (Å²) in [7, 11) is 2.14. The summed E-state index contributed by atoms with van der Waals surface area (Å²) in [6, 6.07) is 9.40. The van der Waals surface area contributed by atoms with Gasteiger partial charge in [-0.05, 0) is 37.4 Å². The monoisotopic (exact) mass is 444 g/mol. The molecule has 4 rings (SSSR count). The largest absolute Gasteiger partial charge is 0.478 e. The number of carbonyl (C=O) groups is 2. The van der Waals surface area contributed by atoms with E-state index in [-0.39, 0.29) is 0 Å². The molecule has 0 aliphatic carbocycles. The molecule has 1 aromatic carbocycles. The van der Waals surface area contributed by atoms with Crippen molar-refractivity contribution in [3.63, 3.8) is 0 Å². The number of rotatable bonds is 2. The van der Waals surface area contributed by atoms with Gasteiger partial charge in [0.05, 0.1) is 5.56 Å². The van der Waals surface area contributed by atoms with Gasteiger partial charge in [-0.25, -0.2) is 19.6 Å². The number of aromatic nitrogens is 1. The van der Waals surface area contributed by atoms with Crippen LogP contribution in [-0.4, -0.2) is 76.0 Å². The maximum atomic E-state index is 9.55. The molecule has 1 aromatic heterocycles. The highest BCUT2D eigenvalue weighted by molar-refractivity contribution is 6.31. The lowest BCUT2D eigenvalue weighted by atomic mass is 10.2. The first-order valence-corrected chi connectivity index (χ1v) is 9.80. The zero-order valence-corrected chi connectivity index (χ0v) is 17.5. The standard InChI is InChI=1S/C17H17ClN4O.C4H4O4/c1-21-7-9-22(10-8-21)16-13-3-2-6-19-17(13)23-15-5-4-12(18)11-14(15)20-16;5-3(6)1-2-4(7)8/h2-6,11H,7-10H2,1H3;1-2H,(H,5,6)(H,7,8). The summed E-state index contributed by atoms with van der Waals surface area (Å²) in [5.74, 6) is -0.341. The summed E-state index contributed by atoms with van der Waals surface area (Å²) in [6.45, 7) is 3.88. The van der Waals surface area contributed by atoms with Crippen LogP contribution in [0.2, 0.25) is 5.02 Å². The van der Waals surface area contributed by atoms with Crippen LogP contribution in [0.5, 0.6) is 11.6 Å². The number of nitrogens with zero attached hydrogens (tertiary/aromatic N) is 4. The third-order valence-electron chi connectivity index (χ3n) is 4.54. The number of carboxylic acid groups (broad SMARTS) is 2. The number of halogens is 1. The fourth-order valence-electron chi connectivity index (χ4n) is 2.99. The Morgan fingerprint density at radius 1 is 1.10 bits per heavy atom. The van der Waals surface area contributed by atoms with E-state index in [0.29, 0.717) is 28.8 Å². The molecule has 0 unspecified atom stereocenters. The fourth-order valence-corrected chi connectivity index (χ4v) is 3.15. The quantitative estimate of drug-likeness (QED) is 0.679. The van der Waals surface area contributed by atoms with E-state index in [1.165, 1.54) is 0 Å². The Morgan fingerprint density at radius 2 is 1.77 bits per heavy atom. The van der Waals surface area contributed by atoms with Gasteiger partial charge < -0.3 is 24.7 Å². The first kappa shape index (κ1) is 22.3. The molecule has 1 saturated heterocycles. The van der Waals surface area contributed by atoms with Gasteiger partial charge in [-0.15, -0.1) is 0 Å². The lowest BCUT2D eigenvalue weighted by Gasteiger charge is -2.34. The van der Waals surface area contributed by atoms with Crippen LogP contribution in [0.1, 0.15) is 5.56 Å². The summed E-state index contributed by atoms with van der Waals surface area (Å²) in [5, 5.41) is 16.3. The number of ether oxygens (including phenoxy) is 1. The van der Waals surface area contributed by atoms with Gasteiger partial charge in [0.25, 0.3) is 0 Å². The van der Waals surface area contributed by atoms with Crippen molar-refractivity contribution in [1.82, 2.24) is 14.8 Å². The zero-order valence-electron chi connectivity index (χ0n) is 16.7. The van der Waals surface area contributed by atoms with E-state index < -0.39 is 11.9 Å². The van der Waals surface area contributed by atoms with Gasteiger partial charge in [-0.3, -0.25) is 0 Å². The van der Waals surface area contributed by atoms with Crippen molar-refractivity contribution < 1.29 is 24.5 Å². The topological polar surface area (TPSA) is 116 Å². The molecule has 0 atom stereocenters. The highest BCUT2D eigenvalue weighted by Gasteiger charge is 2.25. The minimum Gasteiger partial charge on any atom is -0.478 e. The van der Waals surface area contributed by atoms with Gasteiger partial charge in [0.1, 0.15) is 11.5 Å². The molecule has 0 spiro atoms. The molecule has 0 bridgehead atoms. The molecule has 3 heterocycles. The van der Waals surface area contributed by atoms with E-state index >= 15 is 0 Å². The predicted molar refractivity (Wildman–Crippen MR) is 115 cm³/mol. The van der Waals surface area contributed by atoms with E-state index in [1.54, 1.807) is 12.3 Å². The molecule has 10 heteroatoms. The highest BCUT2D eigenvalue weighted by atomic mass is 35.5. The number of piperazine rings is 1. The zero-order chi connectivity index (χ0) is 22.4. The average molecular weight is 445 g/mol. The second-order valence-corrected chi connectivity index (χ2v) is 7.24. The van der Waals surface area contributed by atoms with Crippen molar-refractivity contribution in [2.45, 2.75) is 0 Å². The molecule has 2 aromatic rings. The van der Waals surface area contributed by atoms with Crippen LogP contribution in [0.3, 0.4) is 0 Å². The van der Waals surface area contributed by atoms with Crippen LogP contribution in [-0.2, 0) is 9.59 Å². The van der Waals surface area contributed by atoms with Crippen LogP contribution in [0.25, 0.3) is 0 Å². The SMILES string of the molecule is CN1CCN(C2=Nc3cc(Cl)ccc3Oc3ncccc32)CC1.O=C(O)C=CC(=O)O. The summed E-state index contributed by atoms with van der Waals surface area (Å²) in [4.78, 5) is 33.0. The van der Waals surface area contributed by atoms with Crippen LogP contribution in [0.4, 0.5) is 5.69 Å².